The van der Waals surface area contributed by atoms with Gasteiger partial charge in [-0.05, 0) is 35.1 Å². The summed E-state index contributed by atoms with van der Waals surface area (Å²) in [4.78, 5) is 0. The standard InChI is InChI=1S/C19H23NO2/c20-12-17-4-1-2-6-19(17)16-9-7-15(8-10-16)13-21-14-18-5-3-11-22-18/h1-2,4,6-10,18H,3,5,11-14,20H2. The predicted octanol–water partition coefficient (Wildman–Crippen LogP) is 3.51. The quantitative estimate of drug-likeness (QED) is 0.887. The highest BCUT2D eigenvalue weighted by Crippen LogP contribution is 2.24. The second kappa shape index (κ2) is 7.54. The van der Waals surface area contributed by atoms with Gasteiger partial charge in [0.25, 0.3) is 0 Å². The third kappa shape index (κ3) is 3.74. The molecule has 0 spiro atoms. The van der Waals surface area contributed by atoms with Crippen molar-refractivity contribution in [2.24, 2.45) is 5.73 Å². The molecule has 116 valence electrons. The van der Waals surface area contributed by atoms with Crippen molar-refractivity contribution in [3.05, 3.63) is 59.7 Å². The Labute approximate surface area is 132 Å². The molecule has 0 bridgehead atoms. The molecule has 1 fully saturated rings. The van der Waals surface area contributed by atoms with Gasteiger partial charge in [0.2, 0.25) is 0 Å². The molecule has 1 unspecified atom stereocenters. The molecule has 1 aliphatic rings. The minimum atomic E-state index is 0.288. The van der Waals surface area contributed by atoms with Gasteiger partial charge < -0.3 is 15.2 Å². The second-order valence-electron chi connectivity index (χ2n) is 5.71. The van der Waals surface area contributed by atoms with E-state index in [1.165, 1.54) is 22.3 Å². The van der Waals surface area contributed by atoms with E-state index in [-0.39, 0.29) is 6.10 Å². The van der Waals surface area contributed by atoms with Crippen LogP contribution in [0.2, 0.25) is 0 Å². The first-order chi connectivity index (χ1) is 10.9. The lowest BCUT2D eigenvalue weighted by atomic mass is 9.99. The van der Waals surface area contributed by atoms with E-state index in [9.17, 15) is 0 Å². The lowest BCUT2D eigenvalue weighted by molar-refractivity contribution is 0.0106. The zero-order valence-electron chi connectivity index (χ0n) is 12.8. The summed E-state index contributed by atoms with van der Waals surface area (Å²) in [7, 11) is 0. The summed E-state index contributed by atoms with van der Waals surface area (Å²) >= 11 is 0. The van der Waals surface area contributed by atoms with Gasteiger partial charge in [-0.25, -0.2) is 0 Å². The summed E-state index contributed by atoms with van der Waals surface area (Å²) in [5.74, 6) is 0. The average molecular weight is 297 g/mol. The van der Waals surface area contributed by atoms with E-state index in [2.05, 4.69) is 36.4 Å². The topological polar surface area (TPSA) is 44.5 Å². The van der Waals surface area contributed by atoms with E-state index in [0.29, 0.717) is 19.8 Å². The van der Waals surface area contributed by atoms with Gasteiger partial charge in [-0.15, -0.1) is 0 Å². The Balaban J connectivity index is 1.60. The van der Waals surface area contributed by atoms with E-state index >= 15 is 0 Å². The van der Waals surface area contributed by atoms with Gasteiger partial charge in [0.15, 0.2) is 0 Å². The summed E-state index contributed by atoms with van der Waals surface area (Å²) < 4.78 is 11.3. The number of nitrogens with two attached hydrogens (primary N) is 1. The average Bonchev–Trinajstić information content (AvgIpc) is 3.09. The van der Waals surface area contributed by atoms with E-state index in [0.717, 1.165) is 19.4 Å². The van der Waals surface area contributed by atoms with Crippen LogP contribution in [-0.4, -0.2) is 19.3 Å². The Morgan fingerprint density at radius 3 is 2.64 bits per heavy atom. The molecule has 2 aromatic rings. The molecule has 2 aromatic carbocycles. The van der Waals surface area contributed by atoms with Gasteiger partial charge in [-0.1, -0.05) is 48.5 Å². The third-order valence-corrected chi connectivity index (χ3v) is 4.10. The van der Waals surface area contributed by atoms with Gasteiger partial charge in [0, 0.05) is 13.2 Å². The lowest BCUT2D eigenvalue weighted by Crippen LogP contribution is -2.13. The van der Waals surface area contributed by atoms with Crippen LogP contribution in [0.25, 0.3) is 11.1 Å². The van der Waals surface area contributed by atoms with E-state index in [1.807, 2.05) is 12.1 Å². The van der Waals surface area contributed by atoms with Crippen LogP contribution in [0.5, 0.6) is 0 Å². The molecule has 1 saturated heterocycles. The summed E-state index contributed by atoms with van der Waals surface area (Å²) in [6.07, 6.45) is 2.56. The normalized spacial score (nSPS) is 17.8. The smallest absolute Gasteiger partial charge is 0.0809 e. The Bertz CT molecular complexity index is 589. The Kier molecular flexibility index (Phi) is 5.22. The van der Waals surface area contributed by atoms with Crippen LogP contribution < -0.4 is 5.73 Å². The summed E-state index contributed by atoms with van der Waals surface area (Å²) in [5.41, 5.74) is 10.6. The first-order valence-corrected chi connectivity index (χ1v) is 7.93. The molecule has 0 aromatic heterocycles. The highest BCUT2D eigenvalue weighted by Gasteiger charge is 2.15. The Morgan fingerprint density at radius 1 is 1.09 bits per heavy atom. The summed E-state index contributed by atoms with van der Waals surface area (Å²) in [6.45, 7) is 2.77. The monoisotopic (exact) mass is 297 g/mol. The highest BCUT2D eigenvalue weighted by molar-refractivity contribution is 5.67. The minimum absolute atomic E-state index is 0.288. The van der Waals surface area contributed by atoms with Crippen molar-refractivity contribution in [1.82, 2.24) is 0 Å². The van der Waals surface area contributed by atoms with Crippen LogP contribution in [0.4, 0.5) is 0 Å². The van der Waals surface area contributed by atoms with Gasteiger partial charge in [-0.3, -0.25) is 0 Å². The fourth-order valence-corrected chi connectivity index (χ4v) is 2.84. The van der Waals surface area contributed by atoms with Crippen LogP contribution in [0.3, 0.4) is 0 Å². The second-order valence-corrected chi connectivity index (χ2v) is 5.71. The molecule has 3 nitrogen and oxygen atoms in total. The van der Waals surface area contributed by atoms with Gasteiger partial charge in [0.05, 0.1) is 19.3 Å². The van der Waals surface area contributed by atoms with E-state index < -0.39 is 0 Å². The number of ether oxygens (including phenoxy) is 2. The number of rotatable bonds is 6. The van der Waals surface area contributed by atoms with Crippen LogP contribution in [0.15, 0.2) is 48.5 Å². The fraction of sp³-hybridized carbons (Fsp3) is 0.368. The molecule has 0 amide bonds. The fourth-order valence-electron chi connectivity index (χ4n) is 2.84. The maximum atomic E-state index is 5.81. The zero-order chi connectivity index (χ0) is 15.2. The molecule has 2 N–H and O–H groups in total. The van der Waals surface area contributed by atoms with Crippen LogP contribution in [0, 0.1) is 0 Å². The molecule has 1 heterocycles. The SMILES string of the molecule is NCc1ccccc1-c1ccc(COCC2CCCO2)cc1. The Morgan fingerprint density at radius 2 is 1.91 bits per heavy atom. The molecule has 3 heteroatoms. The van der Waals surface area contributed by atoms with E-state index in [1.54, 1.807) is 0 Å². The Hall–Kier alpha value is -1.68. The molecule has 0 saturated carbocycles. The van der Waals surface area contributed by atoms with Crippen LogP contribution >= 0.6 is 0 Å². The van der Waals surface area contributed by atoms with Crippen molar-refractivity contribution < 1.29 is 9.47 Å². The summed E-state index contributed by atoms with van der Waals surface area (Å²) in [6, 6.07) is 16.8. The van der Waals surface area contributed by atoms with Crippen molar-refractivity contribution in [1.29, 1.82) is 0 Å². The van der Waals surface area contributed by atoms with E-state index in [4.69, 9.17) is 15.2 Å². The third-order valence-electron chi connectivity index (χ3n) is 4.10. The number of hydrogen-bond donors (Lipinski definition) is 1. The molecule has 0 radical (unpaired) electrons. The zero-order valence-corrected chi connectivity index (χ0v) is 12.8. The molecule has 1 aliphatic heterocycles. The summed E-state index contributed by atoms with van der Waals surface area (Å²) in [5, 5.41) is 0. The van der Waals surface area contributed by atoms with Crippen molar-refractivity contribution in [2.45, 2.75) is 32.1 Å². The van der Waals surface area contributed by atoms with Gasteiger partial charge in [-0.2, -0.15) is 0 Å². The molecule has 1 atom stereocenters. The van der Waals surface area contributed by atoms with Crippen molar-refractivity contribution in [3.63, 3.8) is 0 Å². The van der Waals surface area contributed by atoms with Crippen molar-refractivity contribution in [2.75, 3.05) is 13.2 Å². The molecule has 0 aliphatic carbocycles. The first kappa shape index (κ1) is 15.2. The van der Waals surface area contributed by atoms with Gasteiger partial charge in [0.1, 0.15) is 0 Å². The van der Waals surface area contributed by atoms with Gasteiger partial charge >= 0.3 is 0 Å². The van der Waals surface area contributed by atoms with Crippen molar-refractivity contribution in [3.8, 4) is 11.1 Å². The molecular weight excluding hydrogens is 274 g/mol. The molecule has 3 rings (SSSR count). The largest absolute Gasteiger partial charge is 0.376 e. The molecule has 22 heavy (non-hydrogen) atoms. The minimum Gasteiger partial charge on any atom is -0.376 e. The highest BCUT2D eigenvalue weighted by atomic mass is 16.5. The number of hydrogen-bond acceptors (Lipinski definition) is 3. The maximum Gasteiger partial charge on any atom is 0.0809 e. The first-order valence-electron chi connectivity index (χ1n) is 7.93. The lowest BCUT2D eigenvalue weighted by Gasteiger charge is -2.11. The van der Waals surface area contributed by atoms with Crippen LogP contribution in [0.1, 0.15) is 24.0 Å². The maximum absolute atomic E-state index is 5.81. The van der Waals surface area contributed by atoms with Crippen molar-refractivity contribution >= 4 is 0 Å². The number of benzene rings is 2. The van der Waals surface area contributed by atoms with Crippen LogP contribution in [-0.2, 0) is 22.6 Å². The predicted molar refractivity (Wildman–Crippen MR) is 88.4 cm³/mol. The molecular formula is C19H23NO2.